The normalized spacial score (nSPS) is 10.9. The van der Waals surface area contributed by atoms with Gasteiger partial charge in [0, 0.05) is 6.20 Å². The number of rotatable bonds is 2. The molecule has 2 aromatic rings. The van der Waals surface area contributed by atoms with Crippen LogP contribution in [-0.4, -0.2) is 27.3 Å². The number of carbonyl (C=O) groups excluding carboxylic acids is 1. The lowest BCUT2D eigenvalue weighted by Gasteiger charge is -2.07. The van der Waals surface area contributed by atoms with E-state index in [0.29, 0.717) is 16.6 Å². The monoisotopic (exact) mass is 205 g/mol. The summed E-state index contributed by atoms with van der Waals surface area (Å²) in [5.41, 5.74) is 1.08. The summed E-state index contributed by atoms with van der Waals surface area (Å²) in [6.45, 7) is 3.62. The first-order valence-corrected chi connectivity index (χ1v) is 4.67. The van der Waals surface area contributed by atoms with Gasteiger partial charge in [0.15, 0.2) is 5.65 Å². The van der Waals surface area contributed by atoms with Crippen LogP contribution in [-0.2, 0) is 4.74 Å². The number of carbonyl (C=O) groups is 1. The van der Waals surface area contributed by atoms with Crippen LogP contribution in [0, 0.1) is 0 Å². The van der Waals surface area contributed by atoms with E-state index in [1.165, 1.54) is 0 Å². The number of H-pyrrole nitrogens is 1. The maximum Gasteiger partial charge on any atom is 0.339 e. The first-order valence-electron chi connectivity index (χ1n) is 4.67. The predicted octanol–water partition coefficient (Wildman–Crippen LogP) is 1.52. The Morgan fingerprint density at radius 3 is 3.07 bits per heavy atom. The second kappa shape index (κ2) is 3.68. The molecule has 15 heavy (non-hydrogen) atoms. The van der Waals surface area contributed by atoms with Gasteiger partial charge in [-0.25, -0.2) is 9.78 Å². The van der Waals surface area contributed by atoms with Crippen LogP contribution in [0.3, 0.4) is 0 Å². The fourth-order valence-corrected chi connectivity index (χ4v) is 1.31. The van der Waals surface area contributed by atoms with Crippen molar-refractivity contribution in [2.24, 2.45) is 0 Å². The van der Waals surface area contributed by atoms with E-state index in [9.17, 15) is 4.79 Å². The molecule has 2 heterocycles. The van der Waals surface area contributed by atoms with Crippen molar-refractivity contribution in [2.45, 2.75) is 20.0 Å². The molecule has 0 fully saturated rings. The minimum atomic E-state index is -0.348. The standard InChI is InChI=1S/C10H11N3O2/c1-6(2)15-10(14)7-3-4-11-9-8(7)5-12-13-9/h3-6H,1-2H3,(H,11,12,13). The van der Waals surface area contributed by atoms with Crippen LogP contribution in [0.15, 0.2) is 18.5 Å². The topological polar surface area (TPSA) is 67.9 Å². The molecule has 0 amide bonds. The number of hydrogen-bond acceptors (Lipinski definition) is 4. The smallest absolute Gasteiger partial charge is 0.339 e. The Hall–Kier alpha value is -1.91. The minimum Gasteiger partial charge on any atom is -0.459 e. The summed E-state index contributed by atoms with van der Waals surface area (Å²) in [4.78, 5) is 15.7. The Balaban J connectivity index is 2.42. The third kappa shape index (κ3) is 1.81. The number of ether oxygens (including phenoxy) is 1. The van der Waals surface area contributed by atoms with Crippen molar-refractivity contribution in [3.63, 3.8) is 0 Å². The number of pyridine rings is 1. The van der Waals surface area contributed by atoms with Gasteiger partial charge in [-0.3, -0.25) is 5.10 Å². The highest BCUT2D eigenvalue weighted by Gasteiger charge is 2.13. The van der Waals surface area contributed by atoms with Gasteiger partial charge in [-0.05, 0) is 19.9 Å². The van der Waals surface area contributed by atoms with Crippen LogP contribution in [0.4, 0.5) is 0 Å². The lowest BCUT2D eigenvalue weighted by atomic mass is 10.2. The molecule has 2 aromatic heterocycles. The molecule has 0 aliphatic rings. The van der Waals surface area contributed by atoms with Gasteiger partial charge in [-0.1, -0.05) is 0 Å². The lowest BCUT2D eigenvalue weighted by molar-refractivity contribution is 0.0380. The van der Waals surface area contributed by atoms with Gasteiger partial charge in [0.05, 0.1) is 23.3 Å². The molecule has 0 radical (unpaired) electrons. The number of nitrogens with one attached hydrogen (secondary N) is 1. The molecular weight excluding hydrogens is 194 g/mol. The molecular formula is C10H11N3O2. The number of esters is 1. The molecule has 0 aliphatic heterocycles. The second-order valence-electron chi connectivity index (χ2n) is 3.44. The fraction of sp³-hybridized carbons (Fsp3) is 0.300. The zero-order valence-electron chi connectivity index (χ0n) is 8.52. The van der Waals surface area contributed by atoms with Gasteiger partial charge in [-0.15, -0.1) is 0 Å². The third-order valence-corrected chi connectivity index (χ3v) is 1.92. The van der Waals surface area contributed by atoms with Gasteiger partial charge in [0.1, 0.15) is 0 Å². The van der Waals surface area contributed by atoms with E-state index in [2.05, 4.69) is 15.2 Å². The molecule has 5 heteroatoms. The minimum absolute atomic E-state index is 0.132. The summed E-state index contributed by atoms with van der Waals surface area (Å²) in [7, 11) is 0. The average Bonchev–Trinajstić information content (AvgIpc) is 2.63. The molecule has 0 unspecified atom stereocenters. The zero-order valence-corrected chi connectivity index (χ0v) is 8.52. The van der Waals surface area contributed by atoms with E-state index in [1.54, 1.807) is 18.5 Å². The molecule has 0 aromatic carbocycles. The third-order valence-electron chi connectivity index (χ3n) is 1.92. The zero-order chi connectivity index (χ0) is 10.8. The van der Waals surface area contributed by atoms with Crippen LogP contribution in [0.2, 0.25) is 0 Å². The molecule has 0 atom stereocenters. The predicted molar refractivity (Wildman–Crippen MR) is 54.4 cm³/mol. The number of nitrogens with zero attached hydrogens (tertiary/aromatic N) is 2. The Morgan fingerprint density at radius 2 is 2.33 bits per heavy atom. The van der Waals surface area contributed by atoms with Crippen molar-refractivity contribution in [2.75, 3.05) is 0 Å². The molecule has 5 nitrogen and oxygen atoms in total. The van der Waals surface area contributed by atoms with E-state index in [-0.39, 0.29) is 12.1 Å². The summed E-state index contributed by atoms with van der Waals surface area (Å²) >= 11 is 0. The summed E-state index contributed by atoms with van der Waals surface area (Å²) in [5, 5.41) is 7.21. The molecule has 0 aliphatic carbocycles. The van der Waals surface area contributed by atoms with E-state index < -0.39 is 0 Å². The van der Waals surface area contributed by atoms with Gasteiger partial charge in [0.25, 0.3) is 0 Å². The van der Waals surface area contributed by atoms with Gasteiger partial charge in [-0.2, -0.15) is 5.10 Å². The molecule has 0 saturated carbocycles. The maximum atomic E-state index is 11.7. The van der Waals surface area contributed by atoms with Crippen LogP contribution in [0.5, 0.6) is 0 Å². The Labute approximate surface area is 86.5 Å². The molecule has 78 valence electrons. The van der Waals surface area contributed by atoms with Crippen LogP contribution in [0.25, 0.3) is 11.0 Å². The first kappa shape index (κ1) is 9.64. The summed E-state index contributed by atoms with van der Waals surface area (Å²) in [6, 6.07) is 1.63. The quantitative estimate of drug-likeness (QED) is 0.755. The highest BCUT2D eigenvalue weighted by atomic mass is 16.5. The van der Waals surface area contributed by atoms with Gasteiger partial charge in [0.2, 0.25) is 0 Å². The number of hydrogen-bond donors (Lipinski definition) is 1. The Morgan fingerprint density at radius 1 is 1.53 bits per heavy atom. The molecule has 0 bridgehead atoms. The van der Waals surface area contributed by atoms with Crippen LogP contribution < -0.4 is 0 Å². The van der Waals surface area contributed by atoms with Crippen LogP contribution in [0.1, 0.15) is 24.2 Å². The molecule has 1 N–H and O–H groups in total. The van der Waals surface area contributed by atoms with E-state index in [4.69, 9.17) is 4.74 Å². The number of fused-ring (bicyclic) bond motifs is 1. The number of aromatic amines is 1. The van der Waals surface area contributed by atoms with Crippen molar-refractivity contribution in [1.29, 1.82) is 0 Å². The number of aromatic nitrogens is 3. The lowest BCUT2D eigenvalue weighted by Crippen LogP contribution is -2.11. The van der Waals surface area contributed by atoms with Crippen molar-refractivity contribution in [1.82, 2.24) is 15.2 Å². The highest BCUT2D eigenvalue weighted by molar-refractivity contribution is 6.02. The SMILES string of the molecule is CC(C)OC(=O)c1ccnc2[nH]ncc12. The van der Waals surface area contributed by atoms with Gasteiger partial charge < -0.3 is 4.74 Å². The van der Waals surface area contributed by atoms with Crippen molar-refractivity contribution in [3.05, 3.63) is 24.0 Å². The Bertz CT molecular complexity index is 490. The maximum absolute atomic E-state index is 11.7. The van der Waals surface area contributed by atoms with Crippen LogP contribution >= 0.6 is 0 Å². The molecule has 2 rings (SSSR count). The second-order valence-corrected chi connectivity index (χ2v) is 3.44. The van der Waals surface area contributed by atoms with E-state index in [1.807, 2.05) is 13.8 Å². The van der Waals surface area contributed by atoms with Crippen molar-refractivity contribution in [3.8, 4) is 0 Å². The summed E-state index contributed by atoms with van der Waals surface area (Å²) in [5.74, 6) is -0.348. The highest BCUT2D eigenvalue weighted by Crippen LogP contribution is 2.15. The Kier molecular flexibility index (Phi) is 2.37. The first-order chi connectivity index (χ1) is 7.18. The fourth-order valence-electron chi connectivity index (χ4n) is 1.31. The average molecular weight is 205 g/mol. The van der Waals surface area contributed by atoms with Crippen molar-refractivity contribution < 1.29 is 9.53 Å². The van der Waals surface area contributed by atoms with Crippen molar-refractivity contribution >= 4 is 17.0 Å². The van der Waals surface area contributed by atoms with E-state index >= 15 is 0 Å². The summed E-state index contributed by atoms with van der Waals surface area (Å²) in [6.07, 6.45) is 2.99. The van der Waals surface area contributed by atoms with E-state index in [0.717, 1.165) is 0 Å². The molecule has 0 spiro atoms. The molecule has 0 saturated heterocycles. The van der Waals surface area contributed by atoms with Gasteiger partial charge >= 0.3 is 5.97 Å². The largest absolute Gasteiger partial charge is 0.459 e. The summed E-state index contributed by atoms with van der Waals surface area (Å²) < 4.78 is 5.11.